The molecule has 0 radical (unpaired) electrons. The zero-order valence-electron chi connectivity index (χ0n) is 19.8. The van der Waals surface area contributed by atoms with Crippen LogP contribution in [0.5, 0.6) is 0 Å². The van der Waals surface area contributed by atoms with E-state index in [4.69, 9.17) is 5.11 Å². The van der Waals surface area contributed by atoms with Gasteiger partial charge in [0.15, 0.2) is 0 Å². The van der Waals surface area contributed by atoms with Crippen LogP contribution in [-0.2, 0) is 17.3 Å². The van der Waals surface area contributed by atoms with Gasteiger partial charge in [-0.25, -0.2) is 9.00 Å². The number of carbonyl (C=O) groups is 2. The van der Waals surface area contributed by atoms with Gasteiger partial charge in [0.05, 0.1) is 51.8 Å². The Kier molecular flexibility index (Phi) is 10.2. The molecule has 0 aliphatic heterocycles. The number of aromatic carboxylic acids is 2. The van der Waals surface area contributed by atoms with Crippen LogP contribution in [-0.4, -0.2) is 45.4 Å². The van der Waals surface area contributed by atoms with Crippen molar-refractivity contribution in [1.82, 2.24) is 0 Å². The summed E-state index contributed by atoms with van der Waals surface area (Å²) < 4.78 is 13.7. The zero-order chi connectivity index (χ0) is 25.1. The highest BCUT2D eigenvalue weighted by Crippen LogP contribution is 2.23. The minimum Gasteiger partial charge on any atom is -0.545 e. The lowest BCUT2D eigenvalue weighted by molar-refractivity contribution is -0.936. The standard InChI is InChI=1S/C14H10O5S.C13H22N/c15-13(16)9-5-1-3-7-11(9)20(19)12-8-4-2-6-10(12)14(17)18;1-4-14(5-2,6-3)12-13-10-8-7-9-11-13/h1-8H,(H,15,16)(H,17,18);7-11H,4-6,12H2,1-3H3/q;+1/p-1. The topological polar surface area (TPSA) is 94.5 Å². The maximum Gasteiger partial charge on any atom is 0.336 e. The quantitative estimate of drug-likeness (QED) is 0.467. The maximum absolute atomic E-state index is 12.5. The number of nitrogens with zero attached hydrogens (tertiary/aromatic N) is 1. The number of hydrogen-bond acceptors (Lipinski definition) is 4. The zero-order valence-corrected chi connectivity index (χ0v) is 20.6. The van der Waals surface area contributed by atoms with Crippen molar-refractivity contribution in [2.24, 2.45) is 0 Å². The van der Waals surface area contributed by atoms with Crippen LogP contribution in [0.1, 0.15) is 47.1 Å². The van der Waals surface area contributed by atoms with Crippen molar-refractivity contribution in [2.75, 3.05) is 19.6 Å². The molecule has 0 fully saturated rings. The Hall–Kier alpha value is -3.29. The van der Waals surface area contributed by atoms with Gasteiger partial charge in [-0.2, -0.15) is 0 Å². The molecule has 0 aromatic heterocycles. The molecule has 0 spiro atoms. The van der Waals surface area contributed by atoms with Gasteiger partial charge in [-0.15, -0.1) is 0 Å². The average Bonchev–Trinajstić information content (AvgIpc) is 2.88. The van der Waals surface area contributed by atoms with Crippen LogP contribution in [0.15, 0.2) is 88.7 Å². The number of hydrogen-bond donors (Lipinski definition) is 1. The summed E-state index contributed by atoms with van der Waals surface area (Å²) in [6.45, 7) is 11.7. The Labute approximate surface area is 203 Å². The Morgan fingerprint density at radius 2 is 1.21 bits per heavy atom. The van der Waals surface area contributed by atoms with Gasteiger partial charge in [-0.1, -0.05) is 60.7 Å². The van der Waals surface area contributed by atoms with Gasteiger partial charge in [0.1, 0.15) is 6.54 Å². The smallest absolute Gasteiger partial charge is 0.336 e. The van der Waals surface area contributed by atoms with E-state index in [2.05, 4.69) is 51.1 Å². The Morgan fingerprint density at radius 1 is 0.765 bits per heavy atom. The van der Waals surface area contributed by atoms with Gasteiger partial charge >= 0.3 is 5.97 Å². The first-order valence-electron chi connectivity index (χ1n) is 11.2. The second-order valence-electron chi connectivity index (χ2n) is 7.79. The molecule has 3 aromatic carbocycles. The highest BCUT2D eigenvalue weighted by molar-refractivity contribution is 7.85. The fourth-order valence-electron chi connectivity index (χ4n) is 3.70. The molecule has 1 N–H and O–H groups in total. The fourth-order valence-corrected chi connectivity index (χ4v) is 5.04. The van der Waals surface area contributed by atoms with Crippen molar-refractivity contribution in [1.29, 1.82) is 0 Å². The molecule has 0 saturated carbocycles. The van der Waals surface area contributed by atoms with Gasteiger partial charge in [0, 0.05) is 11.1 Å². The van der Waals surface area contributed by atoms with Crippen LogP contribution in [0.3, 0.4) is 0 Å². The van der Waals surface area contributed by atoms with E-state index in [0.717, 1.165) is 0 Å². The Balaban J connectivity index is 0.000000257. The van der Waals surface area contributed by atoms with Gasteiger partial charge in [0.2, 0.25) is 0 Å². The Morgan fingerprint density at radius 3 is 1.68 bits per heavy atom. The molecule has 3 aromatic rings. The third-order valence-electron chi connectivity index (χ3n) is 6.00. The predicted octanol–water partition coefficient (Wildman–Crippen LogP) is 3.98. The number of quaternary nitrogens is 1. The molecule has 0 aliphatic carbocycles. The summed E-state index contributed by atoms with van der Waals surface area (Å²) in [5.41, 5.74) is 1.11. The predicted molar refractivity (Wildman–Crippen MR) is 131 cm³/mol. The molecule has 0 bridgehead atoms. The first kappa shape index (κ1) is 27.0. The van der Waals surface area contributed by atoms with Crippen LogP contribution in [0.25, 0.3) is 0 Å². The summed E-state index contributed by atoms with van der Waals surface area (Å²) in [5.74, 6) is -2.68. The molecule has 0 aliphatic rings. The SMILES string of the molecule is CC[N+](CC)(CC)Cc1ccccc1.O=C([O-])c1ccccc1S(=O)c1ccccc1C(=O)O. The van der Waals surface area contributed by atoms with Gasteiger partial charge < -0.3 is 19.5 Å². The summed E-state index contributed by atoms with van der Waals surface area (Å²) in [4.78, 5) is 22.2. The normalized spacial score (nSPS) is 11.7. The molecule has 6 nitrogen and oxygen atoms in total. The van der Waals surface area contributed by atoms with Gasteiger partial charge in [-0.05, 0) is 39.0 Å². The van der Waals surface area contributed by atoms with Crippen molar-refractivity contribution in [3.63, 3.8) is 0 Å². The first-order valence-corrected chi connectivity index (χ1v) is 12.4. The molecule has 34 heavy (non-hydrogen) atoms. The van der Waals surface area contributed by atoms with E-state index in [1.807, 2.05) is 0 Å². The summed E-state index contributed by atoms with van der Waals surface area (Å²) in [6.07, 6.45) is 0. The van der Waals surface area contributed by atoms with Crippen molar-refractivity contribution in [3.05, 3.63) is 95.6 Å². The molecule has 0 amide bonds. The lowest BCUT2D eigenvalue weighted by atomic mass is 10.2. The summed E-state index contributed by atoms with van der Waals surface area (Å²) in [7, 11) is -1.91. The first-order chi connectivity index (χ1) is 16.3. The monoisotopic (exact) mass is 481 g/mol. The van der Waals surface area contributed by atoms with Crippen molar-refractivity contribution < 1.29 is 28.5 Å². The van der Waals surface area contributed by atoms with Gasteiger partial charge in [-0.3, -0.25) is 0 Å². The van der Waals surface area contributed by atoms with Crippen LogP contribution in [0, 0.1) is 0 Å². The van der Waals surface area contributed by atoms with Crippen molar-refractivity contribution in [2.45, 2.75) is 37.1 Å². The highest BCUT2D eigenvalue weighted by Gasteiger charge is 2.21. The highest BCUT2D eigenvalue weighted by atomic mass is 32.2. The number of rotatable bonds is 9. The van der Waals surface area contributed by atoms with E-state index in [1.54, 1.807) is 6.07 Å². The van der Waals surface area contributed by atoms with Gasteiger partial charge in [0.25, 0.3) is 0 Å². The molecule has 1 atom stereocenters. The minimum absolute atomic E-state index is 0.0150. The van der Waals surface area contributed by atoms with E-state index in [1.165, 1.54) is 78.7 Å². The third kappa shape index (κ3) is 6.85. The number of benzene rings is 3. The summed E-state index contributed by atoms with van der Waals surface area (Å²) >= 11 is 0. The maximum atomic E-state index is 12.5. The minimum atomic E-state index is -1.91. The van der Waals surface area contributed by atoms with Crippen molar-refractivity contribution >= 4 is 22.7 Å². The molecule has 0 heterocycles. The van der Waals surface area contributed by atoms with E-state index >= 15 is 0 Å². The Bertz CT molecular complexity index is 1060. The van der Waals surface area contributed by atoms with Crippen LogP contribution in [0.4, 0.5) is 0 Å². The molecule has 3 rings (SSSR count). The van der Waals surface area contributed by atoms with Crippen LogP contribution in [0.2, 0.25) is 0 Å². The molecule has 7 heteroatoms. The lowest BCUT2D eigenvalue weighted by Crippen LogP contribution is -2.46. The third-order valence-corrected chi connectivity index (χ3v) is 7.51. The second-order valence-corrected chi connectivity index (χ2v) is 9.20. The summed E-state index contributed by atoms with van der Waals surface area (Å²) in [5, 5.41) is 20.1. The van der Waals surface area contributed by atoms with E-state index in [9.17, 15) is 18.9 Å². The van der Waals surface area contributed by atoms with E-state index < -0.39 is 22.7 Å². The largest absolute Gasteiger partial charge is 0.545 e. The van der Waals surface area contributed by atoms with Crippen LogP contribution >= 0.6 is 0 Å². The van der Waals surface area contributed by atoms with E-state index in [0.29, 0.717) is 0 Å². The molecular formula is C27H31NO5S. The van der Waals surface area contributed by atoms with E-state index in [-0.39, 0.29) is 20.9 Å². The molecular weight excluding hydrogens is 450 g/mol. The number of carboxylic acids is 2. The molecule has 0 saturated heterocycles. The molecule has 1 unspecified atom stereocenters. The fraction of sp³-hybridized carbons (Fsp3) is 0.259. The average molecular weight is 482 g/mol. The number of carboxylic acid groups (broad SMARTS) is 2. The van der Waals surface area contributed by atoms with Crippen molar-refractivity contribution in [3.8, 4) is 0 Å². The summed E-state index contributed by atoms with van der Waals surface area (Å²) in [6, 6.07) is 22.2. The molecule has 180 valence electrons. The second kappa shape index (κ2) is 12.8. The number of carbonyl (C=O) groups excluding carboxylic acids is 1. The lowest BCUT2D eigenvalue weighted by Gasteiger charge is -2.35. The van der Waals surface area contributed by atoms with Crippen LogP contribution < -0.4 is 5.11 Å².